The van der Waals surface area contributed by atoms with Crippen molar-refractivity contribution in [2.75, 3.05) is 13.2 Å². The number of aromatic nitrogens is 2. The predicted octanol–water partition coefficient (Wildman–Crippen LogP) is 0.905. The summed E-state index contributed by atoms with van der Waals surface area (Å²) in [7, 11) is -2.24. The number of rotatable bonds is 7. The molecular formula is C13H23N3O4S. The van der Waals surface area contributed by atoms with Crippen LogP contribution in [-0.4, -0.2) is 37.3 Å². The number of carbonyl (C=O) groups excluding carboxylic acids is 1. The van der Waals surface area contributed by atoms with E-state index in [9.17, 15) is 13.2 Å². The Bertz CT molecular complexity index is 605. The molecule has 1 N–H and O–H groups in total. The van der Waals surface area contributed by atoms with E-state index in [0.29, 0.717) is 23.9 Å². The molecule has 7 nitrogen and oxygen atoms in total. The summed E-state index contributed by atoms with van der Waals surface area (Å²) in [4.78, 5) is 11.8. The lowest BCUT2D eigenvalue weighted by atomic mass is 10.2. The maximum absolute atomic E-state index is 12.2. The van der Waals surface area contributed by atoms with Gasteiger partial charge in [-0.1, -0.05) is 13.8 Å². The van der Waals surface area contributed by atoms with Gasteiger partial charge in [-0.2, -0.15) is 5.10 Å². The van der Waals surface area contributed by atoms with Crippen LogP contribution in [0, 0.1) is 19.8 Å². The maximum atomic E-state index is 12.2. The standard InChI is InChI=1S/C13H23N3O4S/c1-9(2)8-20-7-6-12(17)15-21(18,19)13-10(3)14-16(5)11(13)4/h9H,6-8H2,1-5H3,(H,15,17). The molecule has 0 aliphatic carbocycles. The summed E-state index contributed by atoms with van der Waals surface area (Å²) in [5, 5.41) is 4.04. The summed E-state index contributed by atoms with van der Waals surface area (Å²) in [6, 6.07) is 0. The Morgan fingerprint density at radius 2 is 2.00 bits per heavy atom. The van der Waals surface area contributed by atoms with Crippen molar-refractivity contribution in [2.45, 2.75) is 39.0 Å². The first-order chi connectivity index (χ1) is 9.65. The largest absolute Gasteiger partial charge is 0.381 e. The molecule has 1 amide bonds. The molecule has 0 radical (unpaired) electrons. The average molecular weight is 317 g/mol. The van der Waals surface area contributed by atoms with Gasteiger partial charge >= 0.3 is 0 Å². The second-order valence-electron chi connectivity index (χ2n) is 5.37. The highest BCUT2D eigenvalue weighted by molar-refractivity contribution is 7.90. The highest BCUT2D eigenvalue weighted by Gasteiger charge is 2.25. The quantitative estimate of drug-likeness (QED) is 0.755. The summed E-state index contributed by atoms with van der Waals surface area (Å²) in [6.07, 6.45) is 0.00427. The number of ether oxygens (including phenoxy) is 1. The van der Waals surface area contributed by atoms with Crippen LogP contribution in [0.1, 0.15) is 31.7 Å². The zero-order valence-electron chi connectivity index (χ0n) is 13.1. The SMILES string of the molecule is Cc1nn(C)c(C)c1S(=O)(=O)NC(=O)CCOCC(C)C. The number of amides is 1. The molecule has 0 unspecified atom stereocenters. The average Bonchev–Trinajstić information content (AvgIpc) is 2.58. The lowest BCUT2D eigenvalue weighted by molar-refractivity contribution is -0.120. The molecule has 0 fully saturated rings. The number of carbonyl (C=O) groups is 1. The van der Waals surface area contributed by atoms with Gasteiger partial charge in [-0.15, -0.1) is 0 Å². The highest BCUT2D eigenvalue weighted by atomic mass is 32.2. The Labute approximate surface area is 125 Å². The van der Waals surface area contributed by atoms with Gasteiger partial charge in [-0.3, -0.25) is 9.48 Å². The van der Waals surface area contributed by atoms with Gasteiger partial charge in [0.25, 0.3) is 10.0 Å². The van der Waals surface area contributed by atoms with Crippen LogP contribution in [-0.2, 0) is 26.6 Å². The molecule has 0 aliphatic rings. The predicted molar refractivity (Wildman–Crippen MR) is 78.3 cm³/mol. The summed E-state index contributed by atoms with van der Waals surface area (Å²) in [6.45, 7) is 7.98. The molecule has 0 atom stereocenters. The molecule has 1 aromatic rings. The second kappa shape index (κ2) is 7.04. The van der Waals surface area contributed by atoms with E-state index in [-0.39, 0.29) is 17.9 Å². The second-order valence-corrected chi connectivity index (χ2v) is 6.99. The molecule has 0 aliphatic heterocycles. The van der Waals surface area contributed by atoms with Gasteiger partial charge in [-0.05, 0) is 19.8 Å². The van der Waals surface area contributed by atoms with E-state index in [0.717, 1.165) is 0 Å². The summed E-state index contributed by atoms with van der Waals surface area (Å²) >= 11 is 0. The first-order valence-electron chi connectivity index (χ1n) is 6.78. The highest BCUT2D eigenvalue weighted by Crippen LogP contribution is 2.18. The molecule has 0 spiro atoms. The molecule has 1 rings (SSSR count). The number of nitrogens with one attached hydrogen (secondary N) is 1. The summed E-state index contributed by atoms with van der Waals surface area (Å²) in [5.41, 5.74) is 0.857. The van der Waals surface area contributed by atoms with Gasteiger partial charge in [-0.25, -0.2) is 13.1 Å². The normalized spacial score (nSPS) is 11.9. The minimum Gasteiger partial charge on any atom is -0.381 e. The van der Waals surface area contributed by atoms with Crippen molar-refractivity contribution in [3.05, 3.63) is 11.4 Å². The Balaban J connectivity index is 2.66. The van der Waals surface area contributed by atoms with Gasteiger partial charge in [0.15, 0.2) is 0 Å². The molecule has 1 aromatic heterocycles. The van der Waals surface area contributed by atoms with Crippen LogP contribution in [0.15, 0.2) is 4.90 Å². The molecule has 21 heavy (non-hydrogen) atoms. The van der Waals surface area contributed by atoms with Gasteiger partial charge in [0, 0.05) is 13.7 Å². The van der Waals surface area contributed by atoms with Crippen LogP contribution in [0.2, 0.25) is 0 Å². The molecule has 0 saturated heterocycles. The number of nitrogens with zero attached hydrogens (tertiary/aromatic N) is 2. The van der Waals surface area contributed by atoms with E-state index < -0.39 is 15.9 Å². The molecule has 8 heteroatoms. The van der Waals surface area contributed by atoms with Crippen molar-refractivity contribution in [2.24, 2.45) is 13.0 Å². The van der Waals surface area contributed by atoms with E-state index in [1.165, 1.54) is 4.68 Å². The van der Waals surface area contributed by atoms with Gasteiger partial charge in [0.05, 0.1) is 24.4 Å². The molecule has 1 heterocycles. The first-order valence-corrected chi connectivity index (χ1v) is 8.27. The molecular weight excluding hydrogens is 294 g/mol. The fourth-order valence-electron chi connectivity index (χ4n) is 1.88. The van der Waals surface area contributed by atoms with Crippen LogP contribution < -0.4 is 4.72 Å². The monoisotopic (exact) mass is 317 g/mol. The first kappa shape index (κ1) is 17.6. The van der Waals surface area contributed by atoms with Crippen molar-refractivity contribution in [3.63, 3.8) is 0 Å². The van der Waals surface area contributed by atoms with Crippen molar-refractivity contribution in [3.8, 4) is 0 Å². The zero-order chi connectivity index (χ0) is 16.2. The number of hydrogen-bond acceptors (Lipinski definition) is 5. The maximum Gasteiger partial charge on any atom is 0.267 e. The van der Waals surface area contributed by atoms with E-state index in [1.807, 2.05) is 13.8 Å². The van der Waals surface area contributed by atoms with Crippen LogP contribution in [0.4, 0.5) is 0 Å². The van der Waals surface area contributed by atoms with Crippen molar-refractivity contribution in [1.82, 2.24) is 14.5 Å². The Kier molecular flexibility index (Phi) is 5.91. The minimum absolute atomic E-state index is 0.00427. The lowest BCUT2D eigenvalue weighted by Gasteiger charge is -2.09. The molecule has 0 saturated carbocycles. The van der Waals surface area contributed by atoms with Crippen LogP contribution in [0.25, 0.3) is 0 Å². The van der Waals surface area contributed by atoms with Crippen molar-refractivity contribution >= 4 is 15.9 Å². The molecule has 0 aromatic carbocycles. The minimum atomic E-state index is -3.89. The van der Waals surface area contributed by atoms with Crippen LogP contribution in [0.3, 0.4) is 0 Å². The number of sulfonamides is 1. The van der Waals surface area contributed by atoms with E-state index in [1.54, 1.807) is 20.9 Å². The Morgan fingerprint density at radius 3 is 2.48 bits per heavy atom. The zero-order valence-corrected chi connectivity index (χ0v) is 14.0. The van der Waals surface area contributed by atoms with Crippen LogP contribution >= 0.6 is 0 Å². The van der Waals surface area contributed by atoms with E-state index >= 15 is 0 Å². The summed E-state index contributed by atoms with van der Waals surface area (Å²) < 4.78 is 33.2. The number of hydrogen-bond donors (Lipinski definition) is 1. The Hall–Kier alpha value is -1.41. The van der Waals surface area contributed by atoms with Gasteiger partial charge in [0.1, 0.15) is 4.90 Å². The third-order valence-corrected chi connectivity index (χ3v) is 4.51. The topological polar surface area (TPSA) is 90.3 Å². The number of aryl methyl sites for hydroxylation is 2. The van der Waals surface area contributed by atoms with Crippen LogP contribution in [0.5, 0.6) is 0 Å². The lowest BCUT2D eigenvalue weighted by Crippen LogP contribution is -2.32. The third-order valence-electron chi connectivity index (χ3n) is 2.88. The molecule has 120 valence electrons. The van der Waals surface area contributed by atoms with E-state index in [2.05, 4.69) is 9.82 Å². The fraction of sp³-hybridized carbons (Fsp3) is 0.692. The smallest absolute Gasteiger partial charge is 0.267 e. The van der Waals surface area contributed by atoms with Gasteiger partial charge in [0.2, 0.25) is 5.91 Å². The third kappa shape index (κ3) is 4.82. The van der Waals surface area contributed by atoms with Crippen molar-refractivity contribution in [1.29, 1.82) is 0 Å². The van der Waals surface area contributed by atoms with Crippen molar-refractivity contribution < 1.29 is 17.9 Å². The van der Waals surface area contributed by atoms with E-state index in [4.69, 9.17) is 4.74 Å². The Morgan fingerprint density at radius 1 is 1.38 bits per heavy atom. The molecule has 0 bridgehead atoms. The fourth-order valence-corrected chi connectivity index (χ4v) is 3.33. The summed E-state index contributed by atoms with van der Waals surface area (Å²) in [5.74, 6) is -0.209. The van der Waals surface area contributed by atoms with Gasteiger partial charge < -0.3 is 4.74 Å².